The number of carbonyl (C=O) groups excluding carboxylic acids is 1. The van der Waals surface area contributed by atoms with Crippen molar-refractivity contribution in [3.8, 4) is 0 Å². The summed E-state index contributed by atoms with van der Waals surface area (Å²) in [6.45, 7) is 12.2. The predicted molar refractivity (Wildman–Crippen MR) is 71.1 cm³/mol. The molecule has 102 valence electrons. The molecule has 0 saturated heterocycles. The van der Waals surface area contributed by atoms with Crippen molar-refractivity contribution in [3.05, 3.63) is 0 Å². The summed E-state index contributed by atoms with van der Waals surface area (Å²) < 4.78 is 4.86. The van der Waals surface area contributed by atoms with Gasteiger partial charge in [0, 0.05) is 13.1 Å². The summed E-state index contributed by atoms with van der Waals surface area (Å²) in [6.07, 6.45) is 1.77. The van der Waals surface area contributed by atoms with Crippen LogP contribution in [0, 0.1) is 0 Å². The molecule has 0 aliphatic heterocycles. The van der Waals surface area contributed by atoms with Gasteiger partial charge in [-0.15, -0.1) is 0 Å². The number of methoxy groups -OCH3 is 1. The second kappa shape index (κ2) is 8.48. The van der Waals surface area contributed by atoms with E-state index in [2.05, 4.69) is 31.0 Å². The molecule has 0 aliphatic rings. The predicted octanol–water partition coefficient (Wildman–Crippen LogP) is 1.65. The zero-order chi connectivity index (χ0) is 13.3. The molecule has 0 aliphatic carbocycles. The van der Waals surface area contributed by atoms with Crippen molar-refractivity contribution in [1.29, 1.82) is 0 Å². The van der Waals surface area contributed by atoms with Crippen LogP contribution in [-0.2, 0) is 9.53 Å². The molecule has 0 aromatic carbocycles. The fraction of sp³-hybridized carbons (Fsp3) is 0.923. The van der Waals surface area contributed by atoms with Gasteiger partial charge >= 0.3 is 5.97 Å². The van der Waals surface area contributed by atoms with Crippen LogP contribution in [0.3, 0.4) is 0 Å². The highest BCUT2D eigenvalue weighted by atomic mass is 16.5. The van der Waals surface area contributed by atoms with Gasteiger partial charge in [-0.1, -0.05) is 27.2 Å². The summed E-state index contributed by atoms with van der Waals surface area (Å²) in [5.41, 5.74) is -0.545. The molecule has 0 fully saturated rings. The molecule has 4 heteroatoms. The van der Waals surface area contributed by atoms with Gasteiger partial charge in [0.25, 0.3) is 0 Å². The Hall–Kier alpha value is -0.610. The summed E-state index contributed by atoms with van der Waals surface area (Å²) in [5, 5.41) is 3.33. The van der Waals surface area contributed by atoms with Crippen molar-refractivity contribution in [2.75, 3.05) is 33.3 Å². The molecule has 0 heterocycles. The standard InChI is InChI=1S/C13H28N2O2/c1-6-9-13(4,12(16)17-5)14-10-11-15(7-2)8-3/h14H,6-11H2,1-5H3. The van der Waals surface area contributed by atoms with Crippen molar-refractivity contribution in [2.24, 2.45) is 0 Å². The van der Waals surface area contributed by atoms with Crippen LogP contribution in [-0.4, -0.2) is 49.7 Å². The minimum Gasteiger partial charge on any atom is -0.468 e. The van der Waals surface area contributed by atoms with E-state index in [9.17, 15) is 4.79 Å². The topological polar surface area (TPSA) is 41.6 Å². The number of likely N-dealkylation sites (N-methyl/N-ethyl adjacent to an activating group) is 1. The fourth-order valence-corrected chi connectivity index (χ4v) is 2.02. The molecule has 0 radical (unpaired) electrons. The first-order valence-corrected chi connectivity index (χ1v) is 6.59. The molecule has 1 unspecified atom stereocenters. The molecule has 1 N–H and O–H groups in total. The number of esters is 1. The molecule has 1 atom stereocenters. The molecular formula is C13H28N2O2. The number of carbonyl (C=O) groups is 1. The van der Waals surface area contributed by atoms with E-state index < -0.39 is 5.54 Å². The first kappa shape index (κ1) is 16.4. The smallest absolute Gasteiger partial charge is 0.325 e. The van der Waals surface area contributed by atoms with E-state index in [1.165, 1.54) is 7.11 Å². The van der Waals surface area contributed by atoms with Gasteiger partial charge in [0.2, 0.25) is 0 Å². The van der Waals surface area contributed by atoms with Gasteiger partial charge in [-0.05, 0) is 26.4 Å². The lowest BCUT2D eigenvalue weighted by molar-refractivity contribution is -0.148. The van der Waals surface area contributed by atoms with Gasteiger partial charge in [-0.3, -0.25) is 4.79 Å². The van der Waals surface area contributed by atoms with E-state index in [0.29, 0.717) is 0 Å². The number of nitrogens with zero attached hydrogens (tertiary/aromatic N) is 1. The van der Waals surface area contributed by atoms with Crippen LogP contribution < -0.4 is 5.32 Å². The Morgan fingerprint density at radius 3 is 2.29 bits per heavy atom. The molecule has 0 rings (SSSR count). The second-order valence-electron chi connectivity index (χ2n) is 4.53. The highest BCUT2D eigenvalue weighted by Gasteiger charge is 2.32. The third-order valence-electron chi connectivity index (χ3n) is 3.22. The van der Waals surface area contributed by atoms with Crippen LogP contribution in [0.4, 0.5) is 0 Å². The minimum atomic E-state index is -0.545. The van der Waals surface area contributed by atoms with Crippen LogP contribution in [0.25, 0.3) is 0 Å². The van der Waals surface area contributed by atoms with E-state index in [1.54, 1.807) is 0 Å². The Bertz CT molecular complexity index is 217. The molecular weight excluding hydrogens is 216 g/mol. The molecule has 0 aromatic rings. The van der Waals surface area contributed by atoms with Crippen LogP contribution in [0.15, 0.2) is 0 Å². The fourth-order valence-electron chi connectivity index (χ4n) is 2.02. The van der Waals surface area contributed by atoms with Gasteiger partial charge in [0.15, 0.2) is 0 Å². The number of ether oxygens (including phenoxy) is 1. The Labute approximate surface area is 106 Å². The number of hydrogen-bond donors (Lipinski definition) is 1. The monoisotopic (exact) mass is 244 g/mol. The zero-order valence-electron chi connectivity index (χ0n) is 12.0. The Balaban J connectivity index is 4.22. The van der Waals surface area contributed by atoms with Gasteiger partial charge in [-0.2, -0.15) is 0 Å². The summed E-state index contributed by atoms with van der Waals surface area (Å²) in [4.78, 5) is 14.1. The van der Waals surface area contributed by atoms with Crippen molar-refractivity contribution >= 4 is 5.97 Å². The van der Waals surface area contributed by atoms with Gasteiger partial charge < -0.3 is 15.0 Å². The summed E-state index contributed by atoms with van der Waals surface area (Å²) in [6, 6.07) is 0. The van der Waals surface area contributed by atoms with Crippen LogP contribution in [0.1, 0.15) is 40.5 Å². The van der Waals surface area contributed by atoms with Crippen molar-refractivity contribution < 1.29 is 9.53 Å². The maximum atomic E-state index is 11.7. The third kappa shape index (κ3) is 5.50. The van der Waals surface area contributed by atoms with Crippen molar-refractivity contribution in [3.63, 3.8) is 0 Å². The van der Waals surface area contributed by atoms with Gasteiger partial charge in [0.05, 0.1) is 7.11 Å². The highest BCUT2D eigenvalue weighted by molar-refractivity contribution is 5.80. The summed E-state index contributed by atoms with van der Waals surface area (Å²) >= 11 is 0. The van der Waals surface area contributed by atoms with E-state index in [-0.39, 0.29) is 5.97 Å². The first-order valence-electron chi connectivity index (χ1n) is 6.59. The van der Waals surface area contributed by atoms with Crippen LogP contribution in [0.2, 0.25) is 0 Å². The molecule has 0 amide bonds. The molecule has 17 heavy (non-hydrogen) atoms. The van der Waals surface area contributed by atoms with E-state index in [1.807, 2.05) is 6.92 Å². The highest BCUT2D eigenvalue weighted by Crippen LogP contribution is 2.13. The molecule has 0 bridgehead atoms. The summed E-state index contributed by atoms with van der Waals surface area (Å²) in [7, 11) is 1.45. The van der Waals surface area contributed by atoms with Gasteiger partial charge in [-0.25, -0.2) is 0 Å². The third-order valence-corrected chi connectivity index (χ3v) is 3.22. The Kier molecular flexibility index (Phi) is 8.17. The van der Waals surface area contributed by atoms with E-state index >= 15 is 0 Å². The Morgan fingerprint density at radius 1 is 1.29 bits per heavy atom. The normalized spacial score (nSPS) is 14.7. The average molecular weight is 244 g/mol. The van der Waals surface area contributed by atoms with Crippen molar-refractivity contribution in [2.45, 2.75) is 46.1 Å². The quantitative estimate of drug-likeness (QED) is 0.626. The van der Waals surface area contributed by atoms with Gasteiger partial charge in [0.1, 0.15) is 5.54 Å². The van der Waals surface area contributed by atoms with E-state index in [0.717, 1.165) is 39.0 Å². The molecule has 0 saturated carbocycles. The maximum absolute atomic E-state index is 11.7. The lowest BCUT2D eigenvalue weighted by Gasteiger charge is -2.29. The zero-order valence-corrected chi connectivity index (χ0v) is 12.0. The molecule has 0 aromatic heterocycles. The van der Waals surface area contributed by atoms with Crippen molar-refractivity contribution in [1.82, 2.24) is 10.2 Å². The molecule has 4 nitrogen and oxygen atoms in total. The first-order chi connectivity index (χ1) is 8.03. The Morgan fingerprint density at radius 2 is 1.88 bits per heavy atom. The van der Waals surface area contributed by atoms with E-state index in [4.69, 9.17) is 4.74 Å². The largest absolute Gasteiger partial charge is 0.468 e. The maximum Gasteiger partial charge on any atom is 0.325 e. The van der Waals surface area contributed by atoms with Crippen LogP contribution >= 0.6 is 0 Å². The minimum absolute atomic E-state index is 0.168. The lowest BCUT2D eigenvalue weighted by atomic mass is 9.96. The summed E-state index contributed by atoms with van der Waals surface area (Å²) in [5.74, 6) is -0.168. The molecule has 0 spiro atoms. The number of hydrogen-bond acceptors (Lipinski definition) is 4. The SMILES string of the molecule is CCCC(C)(NCCN(CC)CC)C(=O)OC. The average Bonchev–Trinajstić information content (AvgIpc) is 2.34. The lowest BCUT2D eigenvalue weighted by Crippen LogP contribution is -2.52. The number of nitrogens with one attached hydrogen (secondary N) is 1. The van der Waals surface area contributed by atoms with Crippen LogP contribution in [0.5, 0.6) is 0 Å². The second-order valence-corrected chi connectivity index (χ2v) is 4.53. The number of rotatable bonds is 9.